The molecule has 1 aromatic carbocycles. The summed E-state index contributed by atoms with van der Waals surface area (Å²) in [4.78, 5) is 17.6. The fourth-order valence-electron chi connectivity index (χ4n) is 3.46. The van der Waals surface area contributed by atoms with Gasteiger partial charge >= 0.3 is 0 Å². The number of benzene rings is 1. The zero-order chi connectivity index (χ0) is 21.8. The Morgan fingerprint density at radius 2 is 1.56 bits per heavy atom. The van der Waals surface area contributed by atoms with E-state index >= 15 is 0 Å². The predicted molar refractivity (Wildman–Crippen MR) is 125 cm³/mol. The molecule has 4 heterocycles. The minimum Gasteiger partial charge on any atom is -0.324 e. The van der Waals surface area contributed by atoms with Crippen molar-refractivity contribution >= 4 is 11.6 Å². The molecule has 5 aromatic rings. The van der Waals surface area contributed by atoms with E-state index in [1.165, 1.54) is 0 Å². The van der Waals surface area contributed by atoms with Gasteiger partial charge in [-0.3, -0.25) is 14.6 Å². The minimum absolute atomic E-state index is 0.526. The Kier molecular flexibility index (Phi) is 5.36. The Bertz CT molecular complexity index is 1310. The fraction of sp³-hybridized carbons (Fsp3) is 0.0800. The Hall–Kier alpha value is -4.39. The molecule has 0 fully saturated rings. The van der Waals surface area contributed by atoms with E-state index in [4.69, 9.17) is 10.1 Å². The molecular formula is C25H21N7. The molecule has 0 atom stereocenters. The van der Waals surface area contributed by atoms with E-state index in [1.807, 2.05) is 65.7 Å². The van der Waals surface area contributed by atoms with Crippen LogP contribution in [-0.4, -0.2) is 29.7 Å². The minimum atomic E-state index is 0.526. The number of rotatable bonds is 6. The van der Waals surface area contributed by atoms with Crippen molar-refractivity contribution in [1.82, 2.24) is 29.7 Å². The molecule has 1 N–H and O–H groups in total. The summed E-state index contributed by atoms with van der Waals surface area (Å²) >= 11 is 0. The van der Waals surface area contributed by atoms with Gasteiger partial charge < -0.3 is 5.32 Å². The maximum Gasteiger partial charge on any atom is 0.227 e. The number of anilines is 2. The van der Waals surface area contributed by atoms with E-state index in [2.05, 4.69) is 39.3 Å². The number of hydrogen-bond donors (Lipinski definition) is 1. The summed E-state index contributed by atoms with van der Waals surface area (Å²) in [6.07, 6.45) is 11.0. The van der Waals surface area contributed by atoms with Crippen LogP contribution in [0.5, 0.6) is 0 Å². The summed E-state index contributed by atoms with van der Waals surface area (Å²) in [5, 5.41) is 8.01. The fourth-order valence-corrected chi connectivity index (χ4v) is 3.46. The van der Waals surface area contributed by atoms with E-state index in [0.29, 0.717) is 5.95 Å². The lowest BCUT2D eigenvalue weighted by Crippen LogP contribution is -1.98. The number of aromatic nitrogens is 6. The molecule has 7 nitrogen and oxygen atoms in total. The molecule has 156 valence electrons. The molecule has 5 rings (SSSR count). The highest BCUT2D eigenvalue weighted by Crippen LogP contribution is 2.30. The first kappa shape index (κ1) is 19.6. The summed E-state index contributed by atoms with van der Waals surface area (Å²) in [6, 6.07) is 17.9. The van der Waals surface area contributed by atoms with Crippen molar-refractivity contribution in [2.75, 3.05) is 5.32 Å². The van der Waals surface area contributed by atoms with Gasteiger partial charge in [-0.2, -0.15) is 5.10 Å². The monoisotopic (exact) mass is 419 g/mol. The van der Waals surface area contributed by atoms with Crippen molar-refractivity contribution in [2.24, 2.45) is 0 Å². The maximum atomic E-state index is 4.75. The van der Waals surface area contributed by atoms with Crippen LogP contribution < -0.4 is 5.32 Å². The number of pyridine rings is 2. The molecule has 7 heteroatoms. The molecule has 4 aromatic heterocycles. The van der Waals surface area contributed by atoms with Crippen LogP contribution in [0.25, 0.3) is 33.6 Å². The Balaban J connectivity index is 1.43. The molecule has 0 amide bonds. The van der Waals surface area contributed by atoms with Crippen molar-refractivity contribution < 1.29 is 0 Å². The number of nitrogens with one attached hydrogen (secondary N) is 1. The highest BCUT2D eigenvalue weighted by atomic mass is 15.3. The summed E-state index contributed by atoms with van der Waals surface area (Å²) in [7, 11) is 0. The van der Waals surface area contributed by atoms with Gasteiger partial charge in [-0.05, 0) is 54.4 Å². The zero-order valence-corrected chi connectivity index (χ0v) is 17.6. The third-order valence-electron chi connectivity index (χ3n) is 5.09. The molecule has 0 saturated carbocycles. The molecule has 0 spiro atoms. The van der Waals surface area contributed by atoms with Crippen LogP contribution >= 0.6 is 0 Å². The molecule has 0 saturated heterocycles. The SMILES string of the molecule is CCn1cc(-c2ccnc(Nc3ccc(-c4cccnc4)cc3)n2)c(-c2cccnc2)n1. The predicted octanol–water partition coefficient (Wildman–Crippen LogP) is 5.23. The normalized spacial score (nSPS) is 10.8. The Labute approximate surface area is 185 Å². The van der Waals surface area contributed by atoms with Crippen LogP contribution in [0.15, 0.2) is 91.8 Å². The Morgan fingerprint density at radius 3 is 2.25 bits per heavy atom. The van der Waals surface area contributed by atoms with Gasteiger partial charge in [0.05, 0.1) is 5.69 Å². The maximum absolute atomic E-state index is 4.75. The van der Waals surface area contributed by atoms with Gasteiger partial charge in [-0.25, -0.2) is 9.97 Å². The van der Waals surface area contributed by atoms with Gasteiger partial charge in [-0.1, -0.05) is 18.2 Å². The second kappa shape index (κ2) is 8.77. The second-order valence-corrected chi connectivity index (χ2v) is 7.20. The molecule has 0 aliphatic carbocycles. The second-order valence-electron chi connectivity index (χ2n) is 7.20. The summed E-state index contributed by atoms with van der Waals surface area (Å²) in [6.45, 7) is 2.83. The first-order valence-electron chi connectivity index (χ1n) is 10.4. The first-order valence-corrected chi connectivity index (χ1v) is 10.4. The van der Waals surface area contributed by atoms with Crippen LogP contribution in [0.2, 0.25) is 0 Å². The number of nitrogens with zero attached hydrogens (tertiary/aromatic N) is 6. The third kappa shape index (κ3) is 4.09. The van der Waals surface area contributed by atoms with E-state index in [9.17, 15) is 0 Å². The average molecular weight is 419 g/mol. The summed E-state index contributed by atoms with van der Waals surface area (Å²) in [5.74, 6) is 0.526. The number of hydrogen-bond acceptors (Lipinski definition) is 6. The van der Waals surface area contributed by atoms with Gasteiger partial charge in [0.2, 0.25) is 5.95 Å². The van der Waals surface area contributed by atoms with Gasteiger partial charge in [0.15, 0.2) is 0 Å². The topological polar surface area (TPSA) is 81.4 Å². The van der Waals surface area contributed by atoms with Crippen molar-refractivity contribution in [3.63, 3.8) is 0 Å². The zero-order valence-electron chi connectivity index (χ0n) is 17.6. The Morgan fingerprint density at radius 1 is 0.812 bits per heavy atom. The molecule has 0 radical (unpaired) electrons. The molecule has 32 heavy (non-hydrogen) atoms. The molecule has 0 aliphatic rings. The lowest BCUT2D eigenvalue weighted by atomic mass is 10.1. The van der Waals surface area contributed by atoms with E-state index < -0.39 is 0 Å². The third-order valence-corrected chi connectivity index (χ3v) is 5.09. The van der Waals surface area contributed by atoms with Crippen LogP contribution in [0.1, 0.15) is 6.92 Å². The van der Waals surface area contributed by atoms with E-state index in [-0.39, 0.29) is 0 Å². The van der Waals surface area contributed by atoms with Gasteiger partial charge in [0.25, 0.3) is 0 Å². The lowest BCUT2D eigenvalue weighted by molar-refractivity contribution is 0.662. The quantitative estimate of drug-likeness (QED) is 0.406. The molecule has 0 aliphatic heterocycles. The van der Waals surface area contributed by atoms with Gasteiger partial charge in [-0.15, -0.1) is 0 Å². The lowest BCUT2D eigenvalue weighted by Gasteiger charge is -2.08. The van der Waals surface area contributed by atoms with E-state index in [0.717, 1.165) is 45.9 Å². The molecule has 0 bridgehead atoms. The first-order chi connectivity index (χ1) is 15.8. The number of aryl methyl sites for hydroxylation is 1. The summed E-state index contributed by atoms with van der Waals surface area (Å²) in [5.41, 5.74) is 6.63. The molecular weight excluding hydrogens is 398 g/mol. The largest absolute Gasteiger partial charge is 0.324 e. The highest BCUT2D eigenvalue weighted by molar-refractivity contribution is 5.78. The van der Waals surface area contributed by atoms with Crippen LogP contribution in [0.3, 0.4) is 0 Å². The van der Waals surface area contributed by atoms with Crippen molar-refractivity contribution in [3.05, 3.63) is 91.8 Å². The van der Waals surface area contributed by atoms with Gasteiger partial charge in [0.1, 0.15) is 5.69 Å². The van der Waals surface area contributed by atoms with Gasteiger partial charge in [0, 0.05) is 60.5 Å². The standard InChI is InChI=1S/C25H21N7/c1-2-32-17-22(24(31-32)20-6-4-13-27-16-20)23-11-14-28-25(30-23)29-21-9-7-18(8-10-21)19-5-3-12-26-15-19/h3-17H,2H2,1H3,(H,28,29,30). The van der Waals surface area contributed by atoms with E-state index in [1.54, 1.807) is 18.6 Å². The van der Waals surface area contributed by atoms with Crippen LogP contribution in [0.4, 0.5) is 11.6 Å². The highest BCUT2D eigenvalue weighted by Gasteiger charge is 2.15. The van der Waals surface area contributed by atoms with Crippen LogP contribution in [-0.2, 0) is 6.54 Å². The van der Waals surface area contributed by atoms with Crippen molar-refractivity contribution in [3.8, 4) is 33.6 Å². The van der Waals surface area contributed by atoms with Crippen molar-refractivity contribution in [2.45, 2.75) is 13.5 Å². The average Bonchev–Trinajstić information content (AvgIpc) is 3.31. The van der Waals surface area contributed by atoms with Crippen LogP contribution in [0, 0.1) is 0 Å². The van der Waals surface area contributed by atoms with Crippen molar-refractivity contribution in [1.29, 1.82) is 0 Å². The molecule has 0 unspecified atom stereocenters. The smallest absolute Gasteiger partial charge is 0.227 e. The summed E-state index contributed by atoms with van der Waals surface area (Å²) < 4.78 is 1.91.